The smallest absolute Gasteiger partial charge is 0.264 e. The van der Waals surface area contributed by atoms with Crippen LogP contribution < -0.4 is 19.1 Å². The first-order valence-electron chi connectivity index (χ1n) is 15.8. The number of nitrogens with zero attached hydrogens (tertiary/aromatic N) is 2. The lowest BCUT2D eigenvalue weighted by atomic mass is 10.0. The van der Waals surface area contributed by atoms with Crippen molar-refractivity contribution in [3.63, 3.8) is 0 Å². The number of anilines is 1. The van der Waals surface area contributed by atoms with Crippen LogP contribution in [0.4, 0.5) is 5.69 Å². The van der Waals surface area contributed by atoms with Crippen molar-refractivity contribution in [2.45, 2.75) is 55.6 Å². The van der Waals surface area contributed by atoms with Crippen LogP contribution >= 0.6 is 0 Å². The summed E-state index contributed by atoms with van der Waals surface area (Å²) in [5.41, 5.74) is 1.91. The molecular weight excluding hydrogens is 614 g/mol. The summed E-state index contributed by atoms with van der Waals surface area (Å²) in [5.74, 6) is 0.365. The summed E-state index contributed by atoms with van der Waals surface area (Å²) in [6.07, 6.45) is 4.09. The summed E-state index contributed by atoms with van der Waals surface area (Å²) >= 11 is 0. The summed E-state index contributed by atoms with van der Waals surface area (Å²) in [7, 11) is -1.09. The average molecular weight is 656 g/mol. The molecule has 1 aliphatic carbocycles. The van der Waals surface area contributed by atoms with E-state index in [2.05, 4.69) is 5.32 Å². The Hall–Kier alpha value is -4.83. The minimum atomic E-state index is -4.18. The number of sulfonamides is 1. The van der Waals surface area contributed by atoms with Crippen LogP contribution in [0.3, 0.4) is 0 Å². The minimum Gasteiger partial charge on any atom is -0.497 e. The van der Waals surface area contributed by atoms with Crippen molar-refractivity contribution in [1.29, 1.82) is 0 Å². The molecule has 4 aromatic carbocycles. The molecule has 0 saturated heterocycles. The van der Waals surface area contributed by atoms with Crippen molar-refractivity contribution in [2.75, 3.05) is 25.1 Å². The predicted molar refractivity (Wildman–Crippen MR) is 182 cm³/mol. The van der Waals surface area contributed by atoms with E-state index < -0.39 is 28.5 Å². The van der Waals surface area contributed by atoms with Gasteiger partial charge >= 0.3 is 0 Å². The third-order valence-electron chi connectivity index (χ3n) is 8.43. The molecule has 0 aliphatic heterocycles. The van der Waals surface area contributed by atoms with Gasteiger partial charge in [0.15, 0.2) is 0 Å². The highest BCUT2D eigenvalue weighted by atomic mass is 32.2. The molecule has 1 atom stereocenters. The molecule has 47 heavy (non-hydrogen) atoms. The van der Waals surface area contributed by atoms with Crippen LogP contribution in [-0.4, -0.2) is 58.0 Å². The molecule has 1 fully saturated rings. The molecular formula is C37H41N3O6S. The molecule has 0 bridgehead atoms. The zero-order valence-corrected chi connectivity index (χ0v) is 27.6. The Kier molecular flexibility index (Phi) is 11.2. The molecule has 5 rings (SSSR count). The van der Waals surface area contributed by atoms with E-state index in [0.29, 0.717) is 17.2 Å². The zero-order chi connectivity index (χ0) is 33.2. The van der Waals surface area contributed by atoms with Crippen molar-refractivity contribution >= 4 is 27.5 Å². The van der Waals surface area contributed by atoms with E-state index in [1.807, 2.05) is 54.6 Å². The van der Waals surface area contributed by atoms with Crippen LogP contribution in [0.25, 0.3) is 0 Å². The second-order valence-corrected chi connectivity index (χ2v) is 13.5. The number of amides is 2. The first kappa shape index (κ1) is 33.5. The summed E-state index contributed by atoms with van der Waals surface area (Å²) in [5, 5.41) is 3.19. The van der Waals surface area contributed by atoms with Gasteiger partial charge in [-0.15, -0.1) is 0 Å². The van der Waals surface area contributed by atoms with Crippen LogP contribution in [0, 0.1) is 0 Å². The topological polar surface area (TPSA) is 105 Å². The number of benzene rings is 4. The van der Waals surface area contributed by atoms with Crippen molar-refractivity contribution in [3.8, 4) is 11.5 Å². The lowest BCUT2D eigenvalue weighted by molar-refractivity contribution is -0.140. The fraction of sp³-hybridized carbons (Fsp3) is 0.297. The van der Waals surface area contributed by atoms with Gasteiger partial charge in [-0.25, -0.2) is 8.42 Å². The normalized spacial score (nSPS) is 13.8. The highest BCUT2D eigenvalue weighted by molar-refractivity contribution is 7.92. The summed E-state index contributed by atoms with van der Waals surface area (Å²) in [6.45, 7) is -0.469. The summed E-state index contributed by atoms with van der Waals surface area (Å²) < 4.78 is 40.1. The number of hydrogen-bond acceptors (Lipinski definition) is 6. The van der Waals surface area contributed by atoms with Crippen molar-refractivity contribution in [1.82, 2.24) is 10.2 Å². The van der Waals surface area contributed by atoms with Crippen molar-refractivity contribution in [3.05, 3.63) is 120 Å². The lowest BCUT2D eigenvalue weighted by Gasteiger charge is -2.34. The standard InChI is InChI=1S/C37H41N3O6S/c1-45-32-22-20-31(21-23-32)40(47(43,44)34-18-7-4-8-19-34)27-36(41)39(26-29-14-11-17-33(24-29)46-2)35(25-28-12-5-3-6-13-28)37(42)38-30-15-9-10-16-30/h3-8,11-14,17-24,30,35H,9-10,15-16,25-27H2,1-2H3,(H,38,42). The van der Waals surface area contributed by atoms with Gasteiger partial charge in [0.05, 0.1) is 24.8 Å². The van der Waals surface area contributed by atoms with E-state index in [0.717, 1.165) is 41.1 Å². The van der Waals surface area contributed by atoms with E-state index in [1.165, 1.54) is 24.1 Å². The largest absolute Gasteiger partial charge is 0.497 e. The molecule has 2 amide bonds. The third-order valence-corrected chi connectivity index (χ3v) is 10.2. The second kappa shape index (κ2) is 15.6. The Morgan fingerprint density at radius 2 is 1.40 bits per heavy atom. The minimum absolute atomic E-state index is 0.0313. The fourth-order valence-electron chi connectivity index (χ4n) is 5.89. The Morgan fingerprint density at radius 1 is 0.787 bits per heavy atom. The molecule has 1 unspecified atom stereocenters. The van der Waals surface area contributed by atoms with Crippen LogP contribution in [0.1, 0.15) is 36.8 Å². The Bertz CT molecular complexity index is 1730. The predicted octanol–water partition coefficient (Wildman–Crippen LogP) is 5.60. The van der Waals surface area contributed by atoms with Gasteiger partial charge in [-0.3, -0.25) is 13.9 Å². The number of carbonyl (C=O) groups is 2. The van der Waals surface area contributed by atoms with Gasteiger partial charge in [0.2, 0.25) is 11.8 Å². The number of methoxy groups -OCH3 is 2. The lowest BCUT2D eigenvalue weighted by Crippen LogP contribution is -2.54. The maximum Gasteiger partial charge on any atom is 0.264 e. The number of nitrogens with one attached hydrogen (secondary N) is 1. The van der Waals surface area contributed by atoms with Crippen molar-refractivity contribution in [2.24, 2.45) is 0 Å². The van der Waals surface area contributed by atoms with Gasteiger partial charge < -0.3 is 19.7 Å². The number of rotatable bonds is 14. The van der Waals surface area contributed by atoms with E-state index in [4.69, 9.17) is 9.47 Å². The van der Waals surface area contributed by atoms with Gasteiger partial charge in [-0.2, -0.15) is 0 Å². The van der Waals surface area contributed by atoms with Crippen LogP contribution in [0.2, 0.25) is 0 Å². The molecule has 1 aliphatic rings. The van der Waals surface area contributed by atoms with Gasteiger partial charge in [-0.1, -0.05) is 73.5 Å². The number of carbonyl (C=O) groups excluding carboxylic acids is 2. The van der Waals surface area contributed by atoms with Gasteiger partial charge in [-0.05, 0) is 72.5 Å². The van der Waals surface area contributed by atoms with E-state index in [1.54, 1.807) is 49.6 Å². The molecule has 0 radical (unpaired) electrons. The zero-order valence-electron chi connectivity index (χ0n) is 26.7. The van der Waals surface area contributed by atoms with E-state index in [9.17, 15) is 18.0 Å². The first-order chi connectivity index (χ1) is 22.8. The molecule has 9 nitrogen and oxygen atoms in total. The third kappa shape index (κ3) is 8.51. The number of hydrogen-bond donors (Lipinski definition) is 1. The van der Waals surface area contributed by atoms with Gasteiger partial charge in [0, 0.05) is 19.0 Å². The molecule has 10 heteroatoms. The Balaban J connectivity index is 1.57. The van der Waals surface area contributed by atoms with Crippen LogP contribution in [0.15, 0.2) is 114 Å². The molecule has 1 N–H and O–H groups in total. The Labute approximate surface area is 277 Å². The highest BCUT2D eigenvalue weighted by Gasteiger charge is 2.35. The maximum atomic E-state index is 14.6. The van der Waals surface area contributed by atoms with Crippen LogP contribution in [-0.2, 0) is 32.6 Å². The quantitative estimate of drug-likeness (QED) is 0.190. The molecule has 0 spiro atoms. The second-order valence-electron chi connectivity index (χ2n) is 11.6. The molecule has 246 valence electrons. The van der Waals surface area contributed by atoms with Gasteiger partial charge in [0.25, 0.3) is 10.0 Å². The number of ether oxygens (including phenoxy) is 2. The average Bonchev–Trinajstić information content (AvgIpc) is 3.62. The van der Waals surface area contributed by atoms with E-state index in [-0.39, 0.29) is 29.8 Å². The molecule has 4 aromatic rings. The summed E-state index contributed by atoms with van der Waals surface area (Å²) in [4.78, 5) is 30.3. The fourth-order valence-corrected chi connectivity index (χ4v) is 7.32. The van der Waals surface area contributed by atoms with Crippen molar-refractivity contribution < 1.29 is 27.5 Å². The van der Waals surface area contributed by atoms with Gasteiger partial charge in [0.1, 0.15) is 24.1 Å². The highest BCUT2D eigenvalue weighted by Crippen LogP contribution is 2.27. The van der Waals surface area contributed by atoms with E-state index >= 15 is 0 Å². The SMILES string of the molecule is COc1ccc(N(CC(=O)N(Cc2cccc(OC)c2)C(Cc2ccccc2)C(=O)NC2CCCC2)S(=O)(=O)c2ccccc2)cc1. The monoisotopic (exact) mass is 655 g/mol. The molecule has 0 aromatic heterocycles. The van der Waals surface area contributed by atoms with Crippen LogP contribution in [0.5, 0.6) is 11.5 Å². The summed E-state index contributed by atoms with van der Waals surface area (Å²) in [6, 6.07) is 30.5. The maximum absolute atomic E-state index is 14.6. The molecule has 0 heterocycles. The molecule has 1 saturated carbocycles. The Morgan fingerprint density at radius 3 is 2.04 bits per heavy atom. The first-order valence-corrected chi connectivity index (χ1v) is 17.2.